The lowest BCUT2D eigenvalue weighted by molar-refractivity contribution is 1.13. The molecule has 0 atom stereocenters. The van der Waals surface area contributed by atoms with Crippen LogP contribution in [0.1, 0.15) is 27.3 Å². The average Bonchev–Trinajstić information content (AvgIpc) is 2.51. The van der Waals surface area contributed by atoms with E-state index in [2.05, 4.69) is 24.9 Å². The van der Waals surface area contributed by atoms with Gasteiger partial charge >= 0.3 is 0 Å². The summed E-state index contributed by atoms with van der Waals surface area (Å²) in [6.07, 6.45) is 0.811. The van der Waals surface area contributed by atoms with E-state index in [9.17, 15) is 0 Å². The molecule has 1 aromatic carbocycles. The van der Waals surface area contributed by atoms with Gasteiger partial charge in [0, 0.05) is 16.3 Å². The summed E-state index contributed by atoms with van der Waals surface area (Å²) in [6, 6.07) is 4.16. The molecule has 0 unspecified atom stereocenters. The summed E-state index contributed by atoms with van der Waals surface area (Å²) in [5.74, 6) is 0. The van der Waals surface area contributed by atoms with Gasteiger partial charge in [0.1, 0.15) is 0 Å². The van der Waals surface area contributed by atoms with Crippen LogP contribution in [-0.2, 0) is 6.42 Å². The summed E-state index contributed by atoms with van der Waals surface area (Å²) in [7, 11) is 0. The van der Waals surface area contributed by atoms with Gasteiger partial charge in [-0.2, -0.15) is 0 Å². The van der Waals surface area contributed by atoms with Crippen LogP contribution in [0.15, 0.2) is 12.1 Å². The summed E-state index contributed by atoms with van der Waals surface area (Å²) in [5.41, 5.74) is 10.3. The smallest absolute Gasteiger partial charge is 0.180 e. The highest BCUT2D eigenvalue weighted by Crippen LogP contribution is 2.29. The molecule has 2 nitrogen and oxygen atoms in total. The first-order valence-electron chi connectivity index (χ1n) is 5.44. The van der Waals surface area contributed by atoms with Gasteiger partial charge in [-0.15, -0.1) is 11.3 Å². The minimum atomic E-state index is 0.624. The molecule has 0 spiro atoms. The van der Waals surface area contributed by atoms with Crippen LogP contribution in [0.3, 0.4) is 0 Å². The molecule has 2 rings (SSSR count). The number of halogens is 1. The third-order valence-electron chi connectivity index (χ3n) is 2.81. The number of thiazole rings is 1. The average molecular weight is 267 g/mol. The number of rotatable bonds is 2. The predicted molar refractivity (Wildman–Crippen MR) is 75.0 cm³/mol. The quantitative estimate of drug-likeness (QED) is 0.896. The molecule has 1 heterocycles. The second-order valence-corrected chi connectivity index (χ2v) is 5.80. The van der Waals surface area contributed by atoms with Crippen molar-refractivity contribution in [2.24, 2.45) is 0 Å². The summed E-state index contributed by atoms with van der Waals surface area (Å²) < 4.78 is 0. The lowest BCUT2D eigenvalue weighted by atomic mass is 10.0. The molecule has 1 aromatic heterocycles. The molecule has 0 aliphatic heterocycles. The topological polar surface area (TPSA) is 38.9 Å². The lowest BCUT2D eigenvalue weighted by Gasteiger charge is -2.09. The Balaban J connectivity index is 2.39. The maximum absolute atomic E-state index is 6.30. The van der Waals surface area contributed by atoms with E-state index in [1.165, 1.54) is 32.9 Å². The summed E-state index contributed by atoms with van der Waals surface area (Å²) in [4.78, 5) is 5.43. The molecule has 17 heavy (non-hydrogen) atoms. The van der Waals surface area contributed by atoms with Crippen molar-refractivity contribution in [3.05, 3.63) is 44.4 Å². The minimum absolute atomic E-state index is 0.624. The Morgan fingerprint density at radius 2 is 2.00 bits per heavy atom. The Morgan fingerprint density at radius 1 is 1.29 bits per heavy atom. The van der Waals surface area contributed by atoms with Crippen molar-refractivity contribution in [2.75, 3.05) is 5.73 Å². The molecule has 0 saturated carbocycles. The first-order valence-corrected chi connectivity index (χ1v) is 6.64. The number of nitrogens with two attached hydrogens (primary N) is 1. The van der Waals surface area contributed by atoms with Crippen LogP contribution in [0, 0.1) is 20.8 Å². The monoisotopic (exact) mass is 266 g/mol. The van der Waals surface area contributed by atoms with Crippen molar-refractivity contribution in [3.8, 4) is 0 Å². The fraction of sp³-hybridized carbons (Fsp3) is 0.308. The highest BCUT2D eigenvalue weighted by atomic mass is 35.5. The van der Waals surface area contributed by atoms with Crippen LogP contribution in [0.2, 0.25) is 5.02 Å². The van der Waals surface area contributed by atoms with E-state index in [0.29, 0.717) is 5.13 Å². The van der Waals surface area contributed by atoms with Crippen LogP contribution in [0.25, 0.3) is 0 Å². The Hall–Kier alpha value is -1.06. The third-order valence-corrected chi connectivity index (χ3v) is 4.13. The van der Waals surface area contributed by atoms with E-state index in [1.54, 1.807) is 0 Å². The number of hydrogen-bond acceptors (Lipinski definition) is 3. The Kier molecular flexibility index (Phi) is 3.40. The van der Waals surface area contributed by atoms with Gasteiger partial charge in [0.05, 0.1) is 5.69 Å². The highest BCUT2D eigenvalue weighted by Gasteiger charge is 2.11. The van der Waals surface area contributed by atoms with E-state index in [1.807, 2.05) is 13.0 Å². The molecule has 0 amide bonds. The number of aryl methyl sites for hydroxylation is 3. The maximum atomic E-state index is 6.30. The largest absolute Gasteiger partial charge is 0.375 e. The number of anilines is 1. The first-order chi connectivity index (χ1) is 7.97. The van der Waals surface area contributed by atoms with Crippen molar-refractivity contribution < 1.29 is 0 Å². The van der Waals surface area contributed by atoms with Crippen LogP contribution in [0.4, 0.5) is 5.13 Å². The van der Waals surface area contributed by atoms with E-state index >= 15 is 0 Å². The molecule has 0 aliphatic rings. The van der Waals surface area contributed by atoms with Crippen LogP contribution >= 0.6 is 22.9 Å². The summed E-state index contributed by atoms with van der Waals surface area (Å²) in [5, 5.41) is 1.45. The van der Waals surface area contributed by atoms with Crippen molar-refractivity contribution in [2.45, 2.75) is 27.2 Å². The molecule has 90 valence electrons. The second kappa shape index (κ2) is 4.67. The maximum Gasteiger partial charge on any atom is 0.180 e. The number of hydrogen-bond donors (Lipinski definition) is 1. The lowest BCUT2D eigenvalue weighted by Crippen LogP contribution is -1.94. The first kappa shape index (κ1) is 12.4. The van der Waals surface area contributed by atoms with Crippen molar-refractivity contribution in [3.63, 3.8) is 0 Å². The number of aromatic nitrogens is 1. The molecule has 2 N–H and O–H groups in total. The van der Waals surface area contributed by atoms with Gasteiger partial charge < -0.3 is 5.73 Å². The standard InChI is InChI=1S/C13H15ClN2S/c1-7-4-8(2)10(11(14)5-7)6-12-9(3)16-13(15)17-12/h4-5H,6H2,1-3H3,(H2,15,16). The molecule has 4 heteroatoms. The molecule has 0 fully saturated rings. The fourth-order valence-electron chi connectivity index (χ4n) is 1.94. The molecular formula is C13H15ClN2S. The van der Waals surface area contributed by atoms with Gasteiger partial charge in [0.15, 0.2) is 5.13 Å². The van der Waals surface area contributed by atoms with Crippen LogP contribution in [-0.4, -0.2) is 4.98 Å². The number of benzene rings is 1. The van der Waals surface area contributed by atoms with Crippen LogP contribution < -0.4 is 5.73 Å². The zero-order valence-electron chi connectivity index (χ0n) is 10.2. The Morgan fingerprint density at radius 3 is 2.53 bits per heavy atom. The Labute approximate surface area is 110 Å². The molecular weight excluding hydrogens is 252 g/mol. The molecule has 0 aliphatic carbocycles. The normalized spacial score (nSPS) is 10.8. The van der Waals surface area contributed by atoms with Crippen molar-refractivity contribution >= 4 is 28.1 Å². The van der Waals surface area contributed by atoms with E-state index in [-0.39, 0.29) is 0 Å². The zero-order chi connectivity index (χ0) is 12.6. The van der Waals surface area contributed by atoms with Gasteiger partial charge in [0.2, 0.25) is 0 Å². The third kappa shape index (κ3) is 2.61. The zero-order valence-corrected chi connectivity index (χ0v) is 11.7. The van der Waals surface area contributed by atoms with Gasteiger partial charge in [0.25, 0.3) is 0 Å². The number of nitrogens with zero attached hydrogens (tertiary/aromatic N) is 1. The van der Waals surface area contributed by atoms with E-state index in [4.69, 9.17) is 17.3 Å². The summed E-state index contributed by atoms with van der Waals surface area (Å²) >= 11 is 7.84. The van der Waals surface area contributed by atoms with Gasteiger partial charge in [-0.1, -0.05) is 17.7 Å². The van der Waals surface area contributed by atoms with E-state index in [0.717, 1.165) is 17.1 Å². The highest BCUT2D eigenvalue weighted by molar-refractivity contribution is 7.15. The Bertz CT molecular complexity index is 538. The predicted octanol–water partition coefficient (Wildman–Crippen LogP) is 3.89. The SMILES string of the molecule is Cc1cc(C)c(Cc2sc(N)nc2C)c(Cl)c1. The minimum Gasteiger partial charge on any atom is -0.375 e. The van der Waals surface area contributed by atoms with E-state index < -0.39 is 0 Å². The fourth-order valence-corrected chi connectivity index (χ4v) is 3.18. The van der Waals surface area contributed by atoms with Crippen molar-refractivity contribution in [1.82, 2.24) is 4.98 Å². The summed E-state index contributed by atoms with van der Waals surface area (Å²) in [6.45, 7) is 6.13. The van der Waals surface area contributed by atoms with Gasteiger partial charge in [-0.3, -0.25) is 0 Å². The van der Waals surface area contributed by atoms with Crippen molar-refractivity contribution in [1.29, 1.82) is 0 Å². The van der Waals surface area contributed by atoms with Gasteiger partial charge in [-0.05, 0) is 43.5 Å². The molecule has 0 radical (unpaired) electrons. The van der Waals surface area contributed by atoms with Gasteiger partial charge in [-0.25, -0.2) is 4.98 Å². The molecule has 0 bridgehead atoms. The molecule has 2 aromatic rings. The van der Waals surface area contributed by atoms with Crippen LogP contribution in [0.5, 0.6) is 0 Å². The second-order valence-electron chi connectivity index (χ2n) is 4.28. The molecule has 0 saturated heterocycles. The number of nitrogen functional groups attached to an aromatic ring is 1.